The molecule has 0 spiro atoms. The Balaban J connectivity index is 1.09. The van der Waals surface area contributed by atoms with Gasteiger partial charge < -0.3 is 9.32 Å². The maximum Gasteiger partial charge on any atom is 0.135 e. The van der Waals surface area contributed by atoms with Crippen molar-refractivity contribution in [2.75, 3.05) is 4.90 Å². The zero-order valence-electron chi connectivity index (χ0n) is 35.0. The van der Waals surface area contributed by atoms with Gasteiger partial charge in [-0.3, -0.25) is 0 Å². The number of furan rings is 1. The van der Waals surface area contributed by atoms with Crippen LogP contribution in [0.4, 0.5) is 17.1 Å². The van der Waals surface area contributed by atoms with Crippen LogP contribution in [0.1, 0.15) is 0 Å². The van der Waals surface area contributed by atoms with Crippen molar-refractivity contribution in [1.82, 2.24) is 0 Å². The molecule has 0 atom stereocenters. The lowest BCUT2D eigenvalue weighted by molar-refractivity contribution is 0.669. The minimum absolute atomic E-state index is 0.870. The molecule has 0 aliphatic rings. The third kappa shape index (κ3) is 6.52. The third-order valence-electron chi connectivity index (χ3n) is 12.6. The predicted molar refractivity (Wildman–Crippen MR) is 271 cm³/mol. The summed E-state index contributed by atoms with van der Waals surface area (Å²) in [7, 11) is 0. The Morgan fingerprint density at radius 3 is 1.47 bits per heavy atom. The number of hydrogen-bond donors (Lipinski definition) is 0. The molecule has 12 aromatic rings. The summed E-state index contributed by atoms with van der Waals surface area (Å²) in [5.74, 6) is 0. The van der Waals surface area contributed by atoms with Crippen LogP contribution in [0.3, 0.4) is 0 Å². The van der Waals surface area contributed by atoms with E-state index in [1.807, 2.05) is 12.1 Å². The van der Waals surface area contributed by atoms with Crippen molar-refractivity contribution < 1.29 is 4.42 Å². The second-order valence-electron chi connectivity index (χ2n) is 16.4. The molecule has 1 heterocycles. The highest BCUT2D eigenvalue weighted by atomic mass is 16.3. The highest BCUT2D eigenvalue weighted by molar-refractivity contribution is 6.22. The summed E-state index contributed by atoms with van der Waals surface area (Å²) >= 11 is 0. The van der Waals surface area contributed by atoms with Crippen LogP contribution < -0.4 is 4.90 Å². The van der Waals surface area contributed by atoms with Gasteiger partial charge in [0, 0.05) is 27.7 Å². The van der Waals surface area contributed by atoms with Crippen LogP contribution in [0.25, 0.3) is 99.1 Å². The Bertz CT molecular complexity index is 3650. The molecule has 0 aliphatic carbocycles. The molecule has 0 saturated heterocycles. The first-order valence-electron chi connectivity index (χ1n) is 21.9. The van der Waals surface area contributed by atoms with Crippen molar-refractivity contribution in [3.8, 4) is 55.6 Å². The summed E-state index contributed by atoms with van der Waals surface area (Å²) < 4.78 is 6.35. The highest BCUT2D eigenvalue weighted by Crippen LogP contribution is 2.48. The van der Waals surface area contributed by atoms with E-state index in [9.17, 15) is 0 Å². The first-order valence-corrected chi connectivity index (χ1v) is 21.9. The average molecular weight is 816 g/mol. The SMILES string of the molecule is c1ccc(-c2ccc(N(c3cccc(-c4ccc5c(c4)c(-c4ccccc4)c(-c4ccccc4)c4ccccc45)c3)c3ccc4oc5ccccc5c4c3)c(-c3ccccc3)c2)cc1. The van der Waals surface area contributed by atoms with Crippen LogP contribution >= 0.6 is 0 Å². The molecule has 11 aromatic carbocycles. The number of benzene rings is 11. The minimum Gasteiger partial charge on any atom is -0.456 e. The Morgan fingerprint density at radius 2 is 0.750 bits per heavy atom. The lowest BCUT2D eigenvalue weighted by Gasteiger charge is -2.29. The van der Waals surface area contributed by atoms with E-state index in [0.717, 1.165) is 61.3 Å². The number of nitrogens with zero attached hydrogens (tertiary/aromatic N) is 1. The summed E-state index contributed by atoms with van der Waals surface area (Å²) in [6.45, 7) is 0. The van der Waals surface area contributed by atoms with Gasteiger partial charge in [0.25, 0.3) is 0 Å². The lowest BCUT2D eigenvalue weighted by atomic mass is 9.84. The molecular weight excluding hydrogens is 775 g/mol. The molecule has 2 heteroatoms. The number of para-hydroxylation sites is 1. The van der Waals surface area contributed by atoms with Crippen molar-refractivity contribution in [3.63, 3.8) is 0 Å². The van der Waals surface area contributed by atoms with Gasteiger partial charge in [0.15, 0.2) is 0 Å². The van der Waals surface area contributed by atoms with Crippen molar-refractivity contribution in [1.29, 1.82) is 0 Å². The molecule has 0 saturated carbocycles. The summed E-state index contributed by atoms with van der Waals surface area (Å²) in [6.07, 6.45) is 0. The number of rotatable bonds is 8. The average Bonchev–Trinajstić information content (AvgIpc) is 3.75. The van der Waals surface area contributed by atoms with E-state index in [1.54, 1.807) is 0 Å². The largest absolute Gasteiger partial charge is 0.456 e. The zero-order valence-corrected chi connectivity index (χ0v) is 35.0. The van der Waals surface area contributed by atoms with Crippen LogP contribution in [-0.4, -0.2) is 0 Å². The van der Waals surface area contributed by atoms with Crippen molar-refractivity contribution in [2.45, 2.75) is 0 Å². The molecule has 2 nitrogen and oxygen atoms in total. The molecule has 0 bridgehead atoms. The fraction of sp³-hybridized carbons (Fsp3) is 0. The Labute approximate surface area is 372 Å². The summed E-state index contributed by atoms with van der Waals surface area (Å²) in [5, 5.41) is 7.15. The van der Waals surface area contributed by atoms with E-state index in [2.05, 4.69) is 241 Å². The summed E-state index contributed by atoms with van der Waals surface area (Å²) in [5.41, 5.74) is 16.8. The monoisotopic (exact) mass is 815 g/mol. The Morgan fingerprint density at radius 1 is 0.250 bits per heavy atom. The van der Waals surface area contributed by atoms with E-state index in [4.69, 9.17) is 4.42 Å². The maximum absolute atomic E-state index is 6.35. The van der Waals surface area contributed by atoms with Crippen LogP contribution in [0.2, 0.25) is 0 Å². The molecule has 1 aromatic heterocycles. The molecule has 300 valence electrons. The van der Waals surface area contributed by atoms with Gasteiger partial charge in [0.1, 0.15) is 11.2 Å². The van der Waals surface area contributed by atoms with Crippen molar-refractivity contribution in [2.24, 2.45) is 0 Å². The van der Waals surface area contributed by atoms with Crippen molar-refractivity contribution >= 4 is 60.5 Å². The van der Waals surface area contributed by atoms with Crippen molar-refractivity contribution in [3.05, 3.63) is 249 Å². The van der Waals surface area contributed by atoms with Crippen LogP contribution in [0.5, 0.6) is 0 Å². The molecule has 64 heavy (non-hydrogen) atoms. The molecular formula is C62H41NO. The van der Waals surface area contributed by atoms with Gasteiger partial charge >= 0.3 is 0 Å². The molecule has 0 N–H and O–H groups in total. The molecule has 0 unspecified atom stereocenters. The van der Waals surface area contributed by atoms with Gasteiger partial charge in [-0.15, -0.1) is 0 Å². The first kappa shape index (κ1) is 37.3. The summed E-state index contributed by atoms with van der Waals surface area (Å²) in [6, 6.07) is 89.8. The van der Waals surface area contributed by atoms with Gasteiger partial charge in [0.05, 0.1) is 5.69 Å². The second kappa shape index (κ2) is 15.8. The maximum atomic E-state index is 6.35. The first-order chi connectivity index (χ1) is 31.7. The number of hydrogen-bond acceptors (Lipinski definition) is 2. The van der Waals surface area contributed by atoms with Crippen LogP contribution in [-0.2, 0) is 0 Å². The van der Waals surface area contributed by atoms with E-state index in [1.165, 1.54) is 54.9 Å². The predicted octanol–water partition coefficient (Wildman–Crippen LogP) is 17.7. The quantitative estimate of drug-likeness (QED) is 0.142. The number of fused-ring (bicyclic) bond motifs is 6. The fourth-order valence-corrected chi connectivity index (χ4v) is 9.68. The lowest BCUT2D eigenvalue weighted by Crippen LogP contribution is -2.11. The molecule has 12 rings (SSSR count). The van der Waals surface area contributed by atoms with E-state index >= 15 is 0 Å². The zero-order chi connectivity index (χ0) is 42.4. The number of anilines is 3. The van der Waals surface area contributed by atoms with E-state index in [-0.39, 0.29) is 0 Å². The Hall–Kier alpha value is -8.46. The van der Waals surface area contributed by atoms with E-state index in [0.29, 0.717) is 0 Å². The van der Waals surface area contributed by atoms with Gasteiger partial charge in [-0.05, 0) is 126 Å². The Kier molecular flexibility index (Phi) is 9.20. The van der Waals surface area contributed by atoms with E-state index < -0.39 is 0 Å². The second-order valence-corrected chi connectivity index (χ2v) is 16.4. The molecule has 0 amide bonds. The minimum atomic E-state index is 0.870. The standard InChI is InChI=1S/C62H41NO/c1-5-18-42(19-6-1)47-33-36-58(55(39-47)43-20-7-2-8-21-43)63(50-34-37-60-56(41-50)53-29-15-16-31-59(53)64-60)49-27-17-26-46(38-49)48-32-35-52-51-28-13-14-30-54(51)61(44-22-9-3-10-23-44)62(57(52)40-48)45-24-11-4-12-25-45/h1-41H. The van der Waals surface area contributed by atoms with Crippen LogP contribution in [0.15, 0.2) is 253 Å². The third-order valence-corrected chi connectivity index (χ3v) is 12.6. The van der Waals surface area contributed by atoms with Gasteiger partial charge in [-0.2, -0.15) is 0 Å². The highest BCUT2D eigenvalue weighted by Gasteiger charge is 2.22. The van der Waals surface area contributed by atoms with Gasteiger partial charge in [-0.1, -0.05) is 194 Å². The van der Waals surface area contributed by atoms with Gasteiger partial charge in [0.2, 0.25) is 0 Å². The topological polar surface area (TPSA) is 16.4 Å². The normalized spacial score (nSPS) is 11.4. The molecule has 0 fully saturated rings. The molecule has 0 radical (unpaired) electrons. The fourth-order valence-electron chi connectivity index (χ4n) is 9.68. The smallest absolute Gasteiger partial charge is 0.135 e. The van der Waals surface area contributed by atoms with Crippen LogP contribution in [0, 0.1) is 0 Å². The molecule has 0 aliphatic heterocycles. The summed E-state index contributed by atoms with van der Waals surface area (Å²) in [4.78, 5) is 2.42. The van der Waals surface area contributed by atoms with Gasteiger partial charge in [-0.25, -0.2) is 0 Å².